The molecule has 0 radical (unpaired) electrons. The van der Waals surface area contributed by atoms with Crippen molar-refractivity contribution in [3.8, 4) is 5.75 Å². The number of hydrogen-bond donors (Lipinski definition) is 0. The molecule has 0 spiro atoms. The van der Waals surface area contributed by atoms with Gasteiger partial charge < -0.3 is 4.74 Å². The molecule has 2 unspecified atom stereocenters. The first-order valence-corrected chi connectivity index (χ1v) is 8.41. The molecule has 0 aromatic heterocycles. The van der Waals surface area contributed by atoms with Crippen molar-refractivity contribution in [3.05, 3.63) is 71.8 Å². The Kier molecular flexibility index (Phi) is 3.95. The molecular weight excluding hydrogens is 298 g/mol. The van der Waals surface area contributed by atoms with Crippen LogP contribution in [0.25, 0.3) is 5.57 Å². The third-order valence-electron chi connectivity index (χ3n) is 5.07. The Morgan fingerprint density at radius 1 is 1.04 bits per heavy atom. The first-order chi connectivity index (χ1) is 11.7. The van der Waals surface area contributed by atoms with Crippen LogP contribution < -0.4 is 4.74 Å². The van der Waals surface area contributed by atoms with Gasteiger partial charge >= 0.3 is 0 Å². The van der Waals surface area contributed by atoms with Crippen LogP contribution in [0, 0.1) is 11.8 Å². The van der Waals surface area contributed by atoms with Crippen LogP contribution in [0.2, 0.25) is 0 Å². The molecule has 1 heterocycles. The van der Waals surface area contributed by atoms with E-state index < -0.39 is 0 Å². The van der Waals surface area contributed by atoms with Crippen LogP contribution in [0.3, 0.4) is 0 Å². The van der Waals surface area contributed by atoms with Crippen LogP contribution in [-0.2, 0) is 11.3 Å². The van der Waals surface area contributed by atoms with E-state index in [4.69, 9.17) is 4.74 Å². The summed E-state index contributed by atoms with van der Waals surface area (Å²) in [4.78, 5) is 15.2. The van der Waals surface area contributed by atoms with Crippen molar-refractivity contribution < 1.29 is 9.53 Å². The molecule has 2 aromatic carbocycles. The van der Waals surface area contributed by atoms with Crippen molar-refractivity contribution >= 4 is 11.4 Å². The highest BCUT2D eigenvalue weighted by atomic mass is 16.5. The molecule has 122 valence electrons. The van der Waals surface area contributed by atoms with Crippen molar-refractivity contribution in [2.24, 2.45) is 11.8 Å². The fourth-order valence-electron chi connectivity index (χ4n) is 3.84. The molecule has 0 amide bonds. The van der Waals surface area contributed by atoms with E-state index in [1.54, 1.807) is 7.11 Å². The number of methoxy groups -OCH3 is 1. The van der Waals surface area contributed by atoms with Gasteiger partial charge in [0.15, 0.2) is 5.78 Å². The number of ether oxygens (including phenoxy) is 1. The standard InChI is InChI=1S/C21H21NO2/c1-24-18-9-7-16(8-10-18)19-11-17-13-22(14-20(17)21(19)23)12-15-5-3-2-4-6-15/h2-11,17,20H,12-14H2,1H3. The molecule has 2 aromatic rings. The van der Waals surface area contributed by atoms with Gasteiger partial charge in [0.1, 0.15) is 5.75 Å². The van der Waals surface area contributed by atoms with Crippen molar-refractivity contribution in [1.82, 2.24) is 4.90 Å². The van der Waals surface area contributed by atoms with E-state index in [1.807, 2.05) is 30.3 Å². The Morgan fingerprint density at radius 3 is 2.46 bits per heavy atom. The molecule has 2 aliphatic rings. The van der Waals surface area contributed by atoms with E-state index in [0.717, 1.165) is 36.5 Å². The Hall–Kier alpha value is -2.39. The monoisotopic (exact) mass is 319 g/mol. The minimum Gasteiger partial charge on any atom is -0.497 e. The molecule has 1 fully saturated rings. The van der Waals surface area contributed by atoms with Gasteiger partial charge in [-0.05, 0) is 23.3 Å². The molecule has 0 saturated carbocycles. The van der Waals surface area contributed by atoms with Crippen molar-refractivity contribution in [2.75, 3.05) is 20.2 Å². The molecule has 2 atom stereocenters. The fraction of sp³-hybridized carbons (Fsp3) is 0.286. The van der Waals surface area contributed by atoms with Crippen molar-refractivity contribution in [3.63, 3.8) is 0 Å². The van der Waals surface area contributed by atoms with E-state index in [0.29, 0.717) is 11.7 Å². The van der Waals surface area contributed by atoms with Crippen LogP contribution in [-0.4, -0.2) is 30.9 Å². The molecule has 1 aliphatic heterocycles. The largest absolute Gasteiger partial charge is 0.497 e. The maximum atomic E-state index is 12.8. The predicted octanol–water partition coefficient (Wildman–Crippen LogP) is 3.41. The van der Waals surface area contributed by atoms with Gasteiger partial charge in [0.05, 0.1) is 7.11 Å². The number of allylic oxidation sites excluding steroid dienone is 1. The smallest absolute Gasteiger partial charge is 0.168 e. The first kappa shape index (κ1) is 15.2. The van der Waals surface area contributed by atoms with Gasteiger partial charge in [-0.1, -0.05) is 48.5 Å². The van der Waals surface area contributed by atoms with E-state index in [-0.39, 0.29) is 5.92 Å². The van der Waals surface area contributed by atoms with Crippen molar-refractivity contribution in [1.29, 1.82) is 0 Å². The SMILES string of the molecule is COc1ccc(C2=CC3CN(Cc4ccccc4)CC3C2=O)cc1. The molecule has 24 heavy (non-hydrogen) atoms. The number of hydrogen-bond acceptors (Lipinski definition) is 3. The second-order valence-electron chi connectivity index (χ2n) is 6.62. The summed E-state index contributed by atoms with van der Waals surface area (Å²) < 4.78 is 5.19. The zero-order chi connectivity index (χ0) is 16.5. The average Bonchev–Trinajstić information content (AvgIpc) is 3.15. The Morgan fingerprint density at radius 2 is 1.79 bits per heavy atom. The summed E-state index contributed by atoms with van der Waals surface area (Å²) >= 11 is 0. The molecule has 0 bridgehead atoms. The summed E-state index contributed by atoms with van der Waals surface area (Å²) in [5.41, 5.74) is 3.20. The number of ketones is 1. The van der Waals surface area contributed by atoms with Crippen molar-refractivity contribution in [2.45, 2.75) is 6.54 Å². The Bertz CT molecular complexity index is 764. The van der Waals surface area contributed by atoms with Gasteiger partial charge in [-0.2, -0.15) is 0 Å². The lowest BCUT2D eigenvalue weighted by Gasteiger charge is -2.16. The maximum Gasteiger partial charge on any atom is 0.168 e. The molecule has 4 rings (SSSR count). The number of benzene rings is 2. The van der Waals surface area contributed by atoms with Crippen LogP contribution in [0.5, 0.6) is 5.75 Å². The van der Waals surface area contributed by atoms with Crippen LogP contribution in [0.1, 0.15) is 11.1 Å². The number of carbonyl (C=O) groups is 1. The summed E-state index contributed by atoms with van der Waals surface area (Å²) in [5.74, 6) is 1.57. The summed E-state index contributed by atoms with van der Waals surface area (Å²) in [6, 6.07) is 18.3. The average molecular weight is 319 g/mol. The third kappa shape index (κ3) is 2.76. The number of Topliss-reactive ketones (excluding diaryl/α,β-unsaturated/α-hetero) is 1. The highest BCUT2D eigenvalue weighted by Gasteiger charge is 2.42. The van der Waals surface area contributed by atoms with Gasteiger partial charge in [-0.15, -0.1) is 0 Å². The number of rotatable bonds is 4. The fourth-order valence-corrected chi connectivity index (χ4v) is 3.84. The molecule has 3 heteroatoms. The Balaban J connectivity index is 1.48. The lowest BCUT2D eigenvalue weighted by molar-refractivity contribution is -0.116. The van der Waals surface area contributed by atoms with Gasteiger partial charge in [-0.25, -0.2) is 0 Å². The minimum absolute atomic E-state index is 0.116. The first-order valence-electron chi connectivity index (χ1n) is 8.41. The predicted molar refractivity (Wildman–Crippen MR) is 94.7 cm³/mol. The topological polar surface area (TPSA) is 29.5 Å². The van der Waals surface area contributed by atoms with E-state index in [9.17, 15) is 4.79 Å². The Labute approximate surface area is 142 Å². The van der Waals surface area contributed by atoms with Gasteiger partial charge in [0.2, 0.25) is 0 Å². The highest BCUT2D eigenvalue weighted by molar-refractivity contribution is 6.24. The summed E-state index contributed by atoms with van der Waals surface area (Å²) in [7, 11) is 1.65. The van der Waals surface area contributed by atoms with Crippen LogP contribution in [0.15, 0.2) is 60.7 Å². The number of fused-ring (bicyclic) bond motifs is 1. The van der Waals surface area contributed by atoms with E-state index in [2.05, 4.69) is 35.2 Å². The number of carbonyl (C=O) groups excluding carboxylic acids is 1. The number of nitrogens with zero attached hydrogens (tertiary/aromatic N) is 1. The van der Waals surface area contributed by atoms with Gasteiger partial charge in [0, 0.05) is 37.0 Å². The van der Waals surface area contributed by atoms with E-state index >= 15 is 0 Å². The van der Waals surface area contributed by atoms with Gasteiger partial charge in [0.25, 0.3) is 0 Å². The zero-order valence-electron chi connectivity index (χ0n) is 13.8. The summed E-state index contributed by atoms with van der Waals surface area (Å²) in [5, 5.41) is 0. The third-order valence-corrected chi connectivity index (χ3v) is 5.07. The number of likely N-dealkylation sites (tertiary alicyclic amines) is 1. The molecule has 1 saturated heterocycles. The minimum atomic E-state index is 0.116. The normalized spacial score (nSPS) is 23.2. The summed E-state index contributed by atoms with van der Waals surface area (Å²) in [6.45, 7) is 2.74. The van der Waals surface area contributed by atoms with E-state index in [1.165, 1.54) is 5.56 Å². The van der Waals surface area contributed by atoms with Crippen LogP contribution >= 0.6 is 0 Å². The molecule has 3 nitrogen and oxygen atoms in total. The highest BCUT2D eigenvalue weighted by Crippen LogP contribution is 2.39. The quantitative estimate of drug-likeness (QED) is 0.865. The van der Waals surface area contributed by atoms with Crippen LogP contribution in [0.4, 0.5) is 0 Å². The lowest BCUT2D eigenvalue weighted by atomic mass is 9.97. The zero-order valence-corrected chi connectivity index (χ0v) is 13.8. The second kappa shape index (κ2) is 6.25. The van der Waals surface area contributed by atoms with Gasteiger partial charge in [-0.3, -0.25) is 9.69 Å². The molecule has 0 N–H and O–H groups in total. The lowest BCUT2D eigenvalue weighted by Crippen LogP contribution is -2.23. The second-order valence-corrected chi connectivity index (χ2v) is 6.62. The molecular formula is C21H21NO2. The summed E-state index contributed by atoms with van der Waals surface area (Å²) in [6.07, 6.45) is 2.18. The maximum absolute atomic E-state index is 12.8. The molecule has 1 aliphatic carbocycles.